The van der Waals surface area contributed by atoms with Gasteiger partial charge in [-0.25, -0.2) is 9.78 Å². The van der Waals surface area contributed by atoms with Gasteiger partial charge in [-0.15, -0.1) is 0 Å². The molecule has 0 bridgehead atoms. The summed E-state index contributed by atoms with van der Waals surface area (Å²) in [5, 5.41) is 8.61. The summed E-state index contributed by atoms with van der Waals surface area (Å²) in [5.41, 5.74) is 0.919. The van der Waals surface area contributed by atoms with Gasteiger partial charge in [0, 0.05) is 37.3 Å². The molecule has 1 aliphatic rings. The molecule has 2 heterocycles. The van der Waals surface area contributed by atoms with Crippen LogP contribution in [0.25, 0.3) is 11.5 Å². The molecule has 44 heavy (non-hydrogen) atoms. The highest BCUT2D eigenvalue weighted by molar-refractivity contribution is 5.94. The van der Waals surface area contributed by atoms with Crippen molar-refractivity contribution in [3.05, 3.63) is 77.2 Å². The molecule has 1 aliphatic heterocycles. The minimum atomic E-state index is -1.27. The number of piperidine rings is 1. The second-order valence-corrected chi connectivity index (χ2v) is 12.0. The van der Waals surface area contributed by atoms with Crippen LogP contribution in [-0.2, 0) is 20.7 Å². The van der Waals surface area contributed by atoms with Crippen LogP contribution in [0.3, 0.4) is 0 Å². The van der Waals surface area contributed by atoms with E-state index in [9.17, 15) is 19.2 Å². The Bertz CT molecular complexity index is 1470. The van der Waals surface area contributed by atoms with E-state index in [4.69, 9.17) is 9.15 Å². The van der Waals surface area contributed by atoms with Crippen molar-refractivity contribution >= 4 is 23.8 Å². The Morgan fingerprint density at radius 1 is 0.932 bits per heavy atom. The molecule has 234 valence electrons. The Labute approximate surface area is 257 Å². The van der Waals surface area contributed by atoms with Gasteiger partial charge in [0.05, 0.1) is 12.1 Å². The van der Waals surface area contributed by atoms with E-state index >= 15 is 0 Å². The summed E-state index contributed by atoms with van der Waals surface area (Å²) < 4.78 is 11.3. The van der Waals surface area contributed by atoms with Crippen molar-refractivity contribution in [3.63, 3.8) is 0 Å². The molecule has 4 amide bonds. The zero-order valence-corrected chi connectivity index (χ0v) is 26.0. The second-order valence-electron chi connectivity index (χ2n) is 12.0. The van der Waals surface area contributed by atoms with E-state index in [0.29, 0.717) is 22.9 Å². The fraction of sp³-hybridized carbons (Fsp3) is 0.424. The number of hydrogen-bond acceptors (Lipinski definition) is 7. The van der Waals surface area contributed by atoms with Crippen LogP contribution >= 0.6 is 0 Å². The molecule has 0 aliphatic carbocycles. The summed E-state index contributed by atoms with van der Waals surface area (Å²) in [5.74, 6) is -0.0975. The van der Waals surface area contributed by atoms with Gasteiger partial charge in [0.25, 0.3) is 5.91 Å². The molecule has 3 aromatic rings. The lowest BCUT2D eigenvalue weighted by atomic mass is 9.86. The van der Waals surface area contributed by atoms with Crippen molar-refractivity contribution in [1.29, 1.82) is 0 Å². The first-order valence-corrected chi connectivity index (χ1v) is 14.8. The monoisotopic (exact) mass is 603 g/mol. The van der Waals surface area contributed by atoms with Gasteiger partial charge in [-0.3, -0.25) is 14.4 Å². The molecule has 1 aromatic heterocycles. The first-order valence-electron chi connectivity index (χ1n) is 14.8. The number of hydrogen-bond donors (Lipinski definition) is 3. The molecule has 0 radical (unpaired) electrons. The van der Waals surface area contributed by atoms with Crippen LogP contribution in [0.15, 0.2) is 59.0 Å². The van der Waals surface area contributed by atoms with Crippen LogP contribution in [0.1, 0.15) is 61.0 Å². The number of carbonyl (C=O) groups excluding carboxylic acids is 4. The van der Waals surface area contributed by atoms with Gasteiger partial charge in [0.1, 0.15) is 16.9 Å². The maximum absolute atomic E-state index is 13.6. The second kappa shape index (κ2) is 13.7. The predicted molar refractivity (Wildman–Crippen MR) is 165 cm³/mol. The maximum Gasteiger partial charge on any atom is 0.410 e. The Morgan fingerprint density at radius 3 is 2.20 bits per heavy atom. The van der Waals surface area contributed by atoms with Gasteiger partial charge < -0.3 is 30.0 Å². The van der Waals surface area contributed by atoms with Gasteiger partial charge in [-0.05, 0) is 71.7 Å². The van der Waals surface area contributed by atoms with Gasteiger partial charge in [0.2, 0.25) is 17.7 Å². The van der Waals surface area contributed by atoms with Crippen molar-refractivity contribution in [2.45, 2.75) is 65.0 Å². The maximum atomic E-state index is 13.6. The Kier molecular flexibility index (Phi) is 10.1. The number of likely N-dealkylation sites (tertiary alicyclic amines) is 1. The SMILES string of the molecule is Cc1ccc(C(=O)NCCNC(=O)C2(NC(=O)Cc3nc(-c4ccccc4)oc3C)CCN(C(=O)OC(C)(C)C)CC2)cc1. The van der Waals surface area contributed by atoms with Crippen LogP contribution in [0.5, 0.6) is 0 Å². The molecular formula is C33H41N5O6. The summed E-state index contributed by atoms with van der Waals surface area (Å²) in [6.07, 6.45) is -0.179. The Hall–Kier alpha value is -4.67. The molecule has 11 heteroatoms. The molecule has 11 nitrogen and oxygen atoms in total. The fourth-order valence-electron chi connectivity index (χ4n) is 4.89. The number of rotatable bonds is 9. The van der Waals surface area contributed by atoms with E-state index < -0.39 is 23.1 Å². The molecule has 0 unspecified atom stereocenters. The molecule has 0 saturated carbocycles. The number of aromatic nitrogens is 1. The predicted octanol–water partition coefficient (Wildman–Crippen LogP) is 3.93. The fourth-order valence-corrected chi connectivity index (χ4v) is 4.89. The highest BCUT2D eigenvalue weighted by atomic mass is 16.6. The summed E-state index contributed by atoms with van der Waals surface area (Å²) in [4.78, 5) is 58.2. The topological polar surface area (TPSA) is 143 Å². The molecule has 0 atom stereocenters. The van der Waals surface area contributed by atoms with E-state index in [1.54, 1.807) is 44.7 Å². The zero-order chi connectivity index (χ0) is 31.9. The molecule has 1 fully saturated rings. The van der Waals surface area contributed by atoms with Crippen LogP contribution in [0.4, 0.5) is 4.79 Å². The van der Waals surface area contributed by atoms with Gasteiger partial charge in [-0.1, -0.05) is 35.9 Å². The number of aryl methyl sites for hydroxylation is 2. The third-order valence-corrected chi connectivity index (χ3v) is 7.33. The van der Waals surface area contributed by atoms with E-state index in [2.05, 4.69) is 20.9 Å². The van der Waals surface area contributed by atoms with E-state index in [1.807, 2.05) is 49.4 Å². The highest BCUT2D eigenvalue weighted by Crippen LogP contribution is 2.26. The molecular weight excluding hydrogens is 562 g/mol. The lowest BCUT2D eigenvalue weighted by Crippen LogP contribution is -2.64. The molecule has 3 N–H and O–H groups in total. The quantitative estimate of drug-likeness (QED) is 0.315. The minimum absolute atomic E-state index is 0.0837. The molecule has 2 aromatic carbocycles. The summed E-state index contributed by atoms with van der Waals surface area (Å²) in [6, 6.07) is 16.6. The van der Waals surface area contributed by atoms with E-state index in [1.165, 1.54) is 0 Å². The molecule has 0 spiro atoms. The summed E-state index contributed by atoms with van der Waals surface area (Å²) >= 11 is 0. The lowest BCUT2D eigenvalue weighted by molar-refractivity contribution is -0.135. The number of carbonyl (C=O) groups is 4. The highest BCUT2D eigenvalue weighted by Gasteiger charge is 2.44. The number of amides is 4. The zero-order valence-electron chi connectivity index (χ0n) is 26.0. The average Bonchev–Trinajstić information content (AvgIpc) is 3.34. The minimum Gasteiger partial charge on any atom is -0.444 e. The average molecular weight is 604 g/mol. The standard InChI is InChI=1S/C33H41N5O6/c1-22-11-13-24(14-12-22)28(40)34-17-18-35-30(41)33(15-19-38(20-16-33)31(42)44-32(3,4)5)37-27(39)21-26-23(2)43-29(36-26)25-9-7-6-8-10-25/h6-14H,15-21H2,1-5H3,(H,34,40)(H,35,41)(H,37,39). The van der Waals surface area contributed by atoms with Crippen molar-refractivity contribution in [3.8, 4) is 11.5 Å². The Morgan fingerprint density at radius 2 is 1.57 bits per heavy atom. The third-order valence-electron chi connectivity index (χ3n) is 7.33. The summed E-state index contributed by atoms with van der Waals surface area (Å²) in [6.45, 7) is 9.85. The number of oxazole rings is 1. The van der Waals surface area contributed by atoms with Crippen LogP contribution < -0.4 is 16.0 Å². The summed E-state index contributed by atoms with van der Waals surface area (Å²) in [7, 11) is 0. The van der Waals surface area contributed by atoms with E-state index in [-0.39, 0.29) is 57.3 Å². The molecule has 1 saturated heterocycles. The first-order chi connectivity index (χ1) is 20.8. The van der Waals surface area contributed by atoms with Gasteiger partial charge in [-0.2, -0.15) is 0 Å². The lowest BCUT2D eigenvalue weighted by Gasteiger charge is -2.41. The van der Waals surface area contributed by atoms with Crippen molar-refractivity contribution in [2.24, 2.45) is 0 Å². The van der Waals surface area contributed by atoms with E-state index in [0.717, 1.165) is 11.1 Å². The first kappa shape index (κ1) is 32.2. The molecule has 4 rings (SSSR count). The van der Waals surface area contributed by atoms with Gasteiger partial charge >= 0.3 is 6.09 Å². The van der Waals surface area contributed by atoms with Crippen molar-refractivity contribution in [2.75, 3.05) is 26.2 Å². The van der Waals surface area contributed by atoms with Crippen molar-refractivity contribution < 1.29 is 28.3 Å². The van der Waals surface area contributed by atoms with Crippen molar-refractivity contribution in [1.82, 2.24) is 25.8 Å². The van der Waals surface area contributed by atoms with Crippen LogP contribution in [0.2, 0.25) is 0 Å². The number of nitrogens with zero attached hydrogens (tertiary/aromatic N) is 2. The van der Waals surface area contributed by atoms with Crippen LogP contribution in [0, 0.1) is 13.8 Å². The number of ether oxygens (including phenoxy) is 1. The largest absolute Gasteiger partial charge is 0.444 e. The smallest absolute Gasteiger partial charge is 0.410 e. The third kappa shape index (κ3) is 8.46. The Balaban J connectivity index is 1.41. The van der Waals surface area contributed by atoms with Crippen LogP contribution in [-0.4, -0.2) is 71.0 Å². The number of benzene rings is 2. The normalized spacial score (nSPS) is 14.4. The number of nitrogens with one attached hydrogen (secondary N) is 3. The van der Waals surface area contributed by atoms with Gasteiger partial charge in [0.15, 0.2) is 0 Å².